The molecule has 0 unspecified atom stereocenters. The fourth-order valence-electron chi connectivity index (χ4n) is 2.00. The van der Waals surface area contributed by atoms with Gasteiger partial charge in [0.15, 0.2) is 0 Å². The molecule has 2 rings (SSSR count). The van der Waals surface area contributed by atoms with Crippen molar-refractivity contribution >= 4 is 11.7 Å². The first kappa shape index (κ1) is 13.5. The second-order valence-electron chi connectivity index (χ2n) is 4.28. The van der Waals surface area contributed by atoms with Crippen molar-refractivity contribution in [3.63, 3.8) is 0 Å². The third-order valence-electron chi connectivity index (χ3n) is 3.03. The van der Waals surface area contributed by atoms with E-state index in [0.29, 0.717) is 5.69 Å². The van der Waals surface area contributed by atoms with Gasteiger partial charge in [-0.2, -0.15) is 13.2 Å². The molecule has 0 bridgehead atoms. The van der Waals surface area contributed by atoms with Gasteiger partial charge in [0, 0.05) is 24.4 Å². The van der Waals surface area contributed by atoms with Crippen LogP contribution in [-0.2, 0) is 0 Å². The van der Waals surface area contributed by atoms with Crippen LogP contribution in [0.3, 0.4) is 0 Å². The van der Waals surface area contributed by atoms with Crippen molar-refractivity contribution in [2.45, 2.75) is 12.6 Å². The standard InChI is InChI=1S/C13H12F3NO2/c14-13(15,16)10-4-6-17(7-5-10)11-3-1-2-9(8-11)12(18)19/h1-4,8H,5-7H2,(H,18,19). The summed E-state index contributed by atoms with van der Waals surface area (Å²) in [5, 5.41) is 8.88. The second kappa shape index (κ2) is 4.95. The van der Waals surface area contributed by atoms with E-state index in [4.69, 9.17) is 5.11 Å². The molecule has 1 aromatic rings. The highest BCUT2D eigenvalue weighted by molar-refractivity contribution is 5.88. The Morgan fingerprint density at radius 1 is 1.32 bits per heavy atom. The number of hydrogen-bond acceptors (Lipinski definition) is 2. The zero-order valence-corrected chi connectivity index (χ0v) is 9.94. The molecule has 0 saturated heterocycles. The average molecular weight is 271 g/mol. The number of alkyl halides is 3. The lowest BCUT2D eigenvalue weighted by atomic mass is 10.1. The Kier molecular flexibility index (Phi) is 3.50. The lowest BCUT2D eigenvalue weighted by Gasteiger charge is -2.29. The number of benzene rings is 1. The predicted octanol–water partition coefficient (Wildman–Crippen LogP) is 3.08. The summed E-state index contributed by atoms with van der Waals surface area (Å²) in [4.78, 5) is 12.6. The monoisotopic (exact) mass is 271 g/mol. The first-order valence-electron chi connectivity index (χ1n) is 5.72. The van der Waals surface area contributed by atoms with E-state index in [1.54, 1.807) is 17.0 Å². The number of carboxylic acid groups (broad SMARTS) is 1. The predicted molar refractivity (Wildman–Crippen MR) is 64.4 cm³/mol. The van der Waals surface area contributed by atoms with Gasteiger partial charge in [-0.3, -0.25) is 0 Å². The molecule has 102 valence electrons. The molecule has 0 spiro atoms. The molecular weight excluding hydrogens is 259 g/mol. The number of aromatic carboxylic acids is 1. The highest BCUT2D eigenvalue weighted by Gasteiger charge is 2.34. The third kappa shape index (κ3) is 3.07. The molecular formula is C13H12F3NO2. The number of carbonyl (C=O) groups is 1. The van der Waals surface area contributed by atoms with Gasteiger partial charge in [0.25, 0.3) is 0 Å². The van der Waals surface area contributed by atoms with E-state index in [1.165, 1.54) is 12.1 Å². The van der Waals surface area contributed by atoms with Gasteiger partial charge in [0.1, 0.15) is 0 Å². The van der Waals surface area contributed by atoms with Crippen molar-refractivity contribution in [2.75, 3.05) is 18.0 Å². The highest BCUT2D eigenvalue weighted by Crippen LogP contribution is 2.31. The van der Waals surface area contributed by atoms with E-state index in [9.17, 15) is 18.0 Å². The van der Waals surface area contributed by atoms with Crippen LogP contribution < -0.4 is 4.90 Å². The molecule has 3 nitrogen and oxygen atoms in total. The largest absolute Gasteiger partial charge is 0.478 e. The number of hydrogen-bond donors (Lipinski definition) is 1. The summed E-state index contributed by atoms with van der Waals surface area (Å²) in [6, 6.07) is 6.20. The zero-order valence-electron chi connectivity index (χ0n) is 9.94. The van der Waals surface area contributed by atoms with E-state index in [-0.39, 0.29) is 25.1 Å². The van der Waals surface area contributed by atoms with Crippen molar-refractivity contribution < 1.29 is 23.1 Å². The van der Waals surface area contributed by atoms with E-state index in [0.717, 1.165) is 6.08 Å². The topological polar surface area (TPSA) is 40.5 Å². The van der Waals surface area contributed by atoms with Crippen LogP contribution in [0.25, 0.3) is 0 Å². The van der Waals surface area contributed by atoms with Crippen LogP contribution >= 0.6 is 0 Å². The van der Waals surface area contributed by atoms with Gasteiger partial charge in [0.2, 0.25) is 0 Å². The maximum Gasteiger partial charge on any atom is 0.412 e. The summed E-state index contributed by atoms with van der Waals surface area (Å²) in [5.74, 6) is -1.05. The molecule has 0 fully saturated rings. The summed E-state index contributed by atoms with van der Waals surface area (Å²) < 4.78 is 37.4. The summed E-state index contributed by atoms with van der Waals surface area (Å²) in [6.45, 7) is 0.367. The third-order valence-corrected chi connectivity index (χ3v) is 3.03. The lowest BCUT2D eigenvalue weighted by molar-refractivity contribution is -0.0944. The van der Waals surface area contributed by atoms with Crippen LogP contribution in [0.1, 0.15) is 16.8 Å². The van der Waals surface area contributed by atoms with Gasteiger partial charge in [-0.1, -0.05) is 12.1 Å². The Hall–Kier alpha value is -1.98. The molecule has 1 heterocycles. The second-order valence-corrected chi connectivity index (χ2v) is 4.28. The van der Waals surface area contributed by atoms with Gasteiger partial charge >= 0.3 is 12.1 Å². The number of carboxylic acids is 1. The number of halogens is 3. The number of rotatable bonds is 2. The van der Waals surface area contributed by atoms with Crippen molar-refractivity contribution in [1.82, 2.24) is 0 Å². The fraction of sp³-hybridized carbons (Fsp3) is 0.308. The van der Waals surface area contributed by atoms with Crippen molar-refractivity contribution in [3.8, 4) is 0 Å². The van der Waals surface area contributed by atoms with Gasteiger partial charge in [0.05, 0.1) is 5.56 Å². The molecule has 0 saturated carbocycles. The molecule has 1 aliphatic heterocycles. The minimum atomic E-state index is -4.27. The molecule has 1 N–H and O–H groups in total. The molecule has 0 aliphatic carbocycles. The number of nitrogens with zero attached hydrogens (tertiary/aromatic N) is 1. The van der Waals surface area contributed by atoms with Crippen LogP contribution in [0.15, 0.2) is 35.9 Å². The van der Waals surface area contributed by atoms with Gasteiger partial charge < -0.3 is 10.0 Å². The summed E-state index contributed by atoms with van der Waals surface area (Å²) in [6.07, 6.45) is -3.20. The van der Waals surface area contributed by atoms with E-state index in [1.807, 2.05) is 0 Å². The molecule has 0 amide bonds. The normalized spacial score (nSPS) is 16.2. The lowest BCUT2D eigenvalue weighted by Crippen LogP contribution is -2.31. The molecule has 1 aromatic carbocycles. The van der Waals surface area contributed by atoms with E-state index in [2.05, 4.69) is 0 Å². The fourth-order valence-corrected chi connectivity index (χ4v) is 2.00. The molecule has 6 heteroatoms. The number of anilines is 1. The van der Waals surface area contributed by atoms with Crippen LogP contribution in [0.4, 0.5) is 18.9 Å². The maximum atomic E-state index is 12.5. The quantitative estimate of drug-likeness (QED) is 0.840. The molecule has 0 aromatic heterocycles. The van der Waals surface area contributed by atoms with E-state index >= 15 is 0 Å². The summed E-state index contributed by atoms with van der Waals surface area (Å²) >= 11 is 0. The zero-order chi connectivity index (χ0) is 14.0. The van der Waals surface area contributed by atoms with Crippen molar-refractivity contribution in [1.29, 1.82) is 0 Å². The maximum absolute atomic E-state index is 12.5. The molecule has 19 heavy (non-hydrogen) atoms. The summed E-state index contributed by atoms with van der Waals surface area (Å²) in [7, 11) is 0. The van der Waals surface area contributed by atoms with Crippen LogP contribution in [0.2, 0.25) is 0 Å². The SMILES string of the molecule is O=C(O)c1cccc(N2CC=C(C(F)(F)F)CC2)c1. The Labute approximate surface area is 108 Å². The highest BCUT2D eigenvalue weighted by atomic mass is 19.4. The minimum absolute atomic E-state index is 0.0825. The van der Waals surface area contributed by atoms with E-state index < -0.39 is 17.7 Å². The van der Waals surface area contributed by atoms with Crippen LogP contribution in [0.5, 0.6) is 0 Å². The van der Waals surface area contributed by atoms with Gasteiger partial charge in [-0.25, -0.2) is 4.79 Å². The Balaban J connectivity index is 2.16. The van der Waals surface area contributed by atoms with Crippen molar-refractivity contribution in [2.24, 2.45) is 0 Å². The first-order chi connectivity index (χ1) is 8.88. The minimum Gasteiger partial charge on any atom is -0.478 e. The Morgan fingerprint density at radius 2 is 2.05 bits per heavy atom. The molecule has 0 radical (unpaired) electrons. The van der Waals surface area contributed by atoms with Crippen molar-refractivity contribution in [3.05, 3.63) is 41.5 Å². The Bertz CT molecular complexity index is 523. The smallest absolute Gasteiger partial charge is 0.412 e. The molecule has 0 atom stereocenters. The van der Waals surface area contributed by atoms with Crippen LogP contribution in [-0.4, -0.2) is 30.3 Å². The van der Waals surface area contributed by atoms with Gasteiger partial charge in [-0.15, -0.1) is 0 Å². The Morgan fingerprint density at radius 3 is 2.58 bits per heavy atom. The van der Waals surface area contributed by atoms with Gasteiger partial charge in [-0.05, 0) is 24.6 Å². The summed E-state index contributed by atoms with van der Waals surface area (Å²) in [5.41, 5.74) is 0.235. The molecule has 1 aliphatic rings. The van der Waals surface area contributed by atoms with Crippen LogP contribution in [0, 0.1) is 0 Å². The average Bonchev–Trinajstić information content (AvgIpc) is 2.38. The first-order valence-corrected chi connectivity index (χ1v) is 5.72.